The first-order chi connectivity index (χ1) is 15.2. The Kier molecular flexibility index (Phi) is 5.21. The Morgan fingerprint density at radius 3 is 1.68 bits per heavy atom. The van der Waals surface area contributed by atoms with Crippen molar-refractivity contribution in [3.8, 4) is 0 Å². The summed E-state index contributed by atoms with van der Waals surface area (Å²) < 4.78 is 0. The van der Waals surface area contributed by atoms with Crippen LogP contribution in [0.25, 0.3) is 0 Å². The van der Waals surface area contributed by atoms with Gasteiger partial charge in [0.15, 0.2) is 5.78 Å². The normalized spacial score (nSPS) is 19.4. The third kappa shape index (κ3) is 3.40. The lowest BCUT2D eigenvalue weighted by molar-refractivity contribution is 0.0671. The molecule has 1 unspecified atom stereocenters. The highest BCUT2D eigenvalue weighted by Crippen LogP contribution is 2.62. The highest BCUT2D eigenvalue weighted by Gasteiger charge is 2.58. The molecule has 0 N–H and O–H groups in total. The highest BCUT2D eigenvalue weighted by molar-refractivity contribution is 6.30. The summed E-state index contributed by atoms with van der Waals surface area (Å²) >= 11 is 6.21. The molecule has 4 aromatic rings. The van der Waals surface area contributed by atoms with E-state index in [1.54, 1.807) is 0 Å². The molecule has 0 bridgehead atoms. The van der Waals surface area contributed by atoms with Crippen LogP contribution in [0.5, 0.6) is 0 Å². The van der Waals surface area contributed by atoms with E-state index in [9.17, 15) is 4.79 Å². The molecule has 0 aliphatic heterocycles. The summed E-state index contributed by atoms with van der Waals surface area (Å²) in [4.78, 5) is 13.6. The van der Waals surface area contributed by atoms with E-state index in [1.807, 2.05) is 54.6 Å². The van der Waals surface area contributed by atoms with Crippen molar-refractivity contribution >= 4 is 17.4 Å². The topological polar surface area (TPSA) is 17.1 Å². The first-order valence-corrected chi connectivity index (χ1v) is 11.0. The second-order valence-corrected chi connectivity index (χ2v) is 8.71. The quantitative estimate of drug-likeness (QED) is 0.308. The Labute approximate surface area is 188 Å². The predicted molar refractivity (Wildman–Crippen MR) is 127 cm³/mol. The number of carbonyl (C=O) groups is 1. The summed E-state index contributed by atoms with van der Waals surface area (Å²) in [5.41, 5.74) is 4.17. The molecule has 4 aromatic carbocycles. The van der Waals surface area contributed by atoms with Gasteiger partial charge in [0.1, 0.15) is 0 Å². The molecule has 0 amide bonds. The summed E-state index contributed by atoms with van der Waals surface area (Å²) in [6, 6.07) is 38.9. The van der Waals surface area contributed by atoms with Crippen LogP contribution in [0.2, 0.25) is 5.02 Å². The summed E-state index contributed by atoms with van der Waals surface area (Å²) in [5, 5.41) is 0.707. The molecule has 1 saturated carbocycles. The van der Waals surface area contributed by atoms with Gasteiger partial charge in [0.2, 0.25) is 0 Å². The fourth-order valence-corrected chi connectivity index (χ4v) is 5.38. The van der Waals surface area contributed by atoms with Gasteiger partial charge in [-0.2, -0.15) is 0 Å². The van der Waals surface area contributed by atoms with Crippen LogP contribution in [0, 0.1) is 5.92 Å². The van der Waals surface area contributed by atoms with Crippen molar-refractivity contribution in [1.82, 2.24) is 0 Å². The van der Waals surface area contributed by atoms with Crippen LogP contribution >= 0.6 is 11.6 Å². The average Bonchev–Trinajstić information content (AvgIpc) is 2.82. The molecule has 1 fully saturated rings. The molecule has 2 atom stereocenters. The van der Waals surface area contributed by atoms with Crippen LogP contribution in [0.15, 0.2) is 115 Å². The molecule has 0 aromatic heterocycles. The van der Waals surface area contributed by atoms with Gasteiger partial charge < -0.3 is 0 Å². The zero-order valence-electron chi connectivity index (χ0n) is 17.1. The number of ketones is 1. The van der Waals surface area contributed by atoms with Gasteiger partial charge in [0.05, 0.1) is 0 Å². The summed E-state index contributed by atoms with van der Waals surface area (Å²) in [5.74, 6) is 0.147. The molecule has 0 radical (unpaired) electrons. The van der Waals surface area contributed by atoms with Gasteiger partial charge in [0.25, 0.3) is 0 Å². The maximum atomic E-state index is 13.6. The van der Waals surface area contributed by atoms with E-state index in [4.69, 9.17) is 11.6 Å². The SMILES string of the molecule is O=C(c1ccccc1)C1CC(c2ccccc2)(c2ccccc2)[C@H]1c1ccc(Cl)cc1. The zero-order chi connectivity index (χ0) is 21.3. The standard InChI is InChI=1S/C29H23ClO/c30-25-18-16-21(17-19-25)27-26(28(31)22-10-4-1-5-11-22)20-29(27,23-12-6-2-7-13-23)24-14-8-3-9-15-24/h1-19,26-27H,20H2/t26?,27-/m0/s1. The van der Waals surface area contributed by atoms with Gasteiger partial charge in [-0.3, -0.25) is 4.79 Å². The number of benzene rings is 4. The number of hydrogen-bond donors (Lipinski definition) is 0. The Bertz CT molecular complexity index is 1130. The van der Waals surface area contributed by atoms with E-state index >= 15 is 0 Å². The van der Waals surface area contributed by atoms with Crippen molar-refractivity contribution in [2.24, 2.45) is 5.92 Å². The minimum atomic E-state index is -0.258. The lowest BCUT2D eigenvalue weighted by Crippen LogP contribution is -2.53. The lowest BCUT2D eigenvalue weighted by atomic mass is 9.45. The fraction of sp³-hybridized carbons (Fsp3) is 0.138. The predicted octanol–water partition coefficient (Wildman–Crippen LogP) is 7.31. The van der Waals surface area contributed by atoms with Crippen LogP contribution < -0.4 is 0 Å². The van der Waals surface area contributed by atoms with Gasteiger partial charge in [0, 0.05) is 27.8 Å². The van der Waals surface area contributed by atoms with Gasteiger partial charge in [-0.25, -0.2) is 0 Å². The molecule has 2 heteroatoms. The van der Waals surface area contributed by atoms with E-state index in [1.165, 1.54) is 11.1 Å². The summed E-state index contributed by atoms with van der Waals surface area (Å²) in [6.45, 7) is 0. The third-order valence-corrected chi connectivity index (χ3v) is 6.93. The zero-order valence-corrected chi connectivity index (χ0v) is 17.9. The number of carbonyl (C=O) groups excluding carboxylic acids is 1. The number of rotatable bonds is 5. The molecule has 1 aliphatic rings. The maximum Gasteiger partial charge on any atom is 0.166 e. The molecule has 152 valence electrons. The molecule has 1 aliphatic carbocycles. The van der Waals surface area contributed by atoms with Crippen molar-refractivity contribution in [2.75, 3.05) is 0 Å². The lowest BCUT2D eigenvalue weighted by Gasteiger charge is -2.56. The van der Waals surface area contributed by atoms with Crippen molar-refractivity contribution in [3.05, 3.63) is 143 Å². The van der Waals surface area contributed by atoms with Gasteiger partial charge >= 0.3 is 0 Å². The van der Waals surface area contributed by atoms with E-state index in [0.717, 1.165) is 17.5 Å². The van der Waals surface area contributed by atoms with E-state index in [2.05, 4.69) is 60.7 Å². The highest BCUT2D eigenvalue weighted by atomic mass is 35.5. The van der Waals surface area contributed by atoms with Gasteiger partial charge in [-0.1, -0.05) is 115 Å². The van der Waals surface area contributed by atoms with Crippen LogP contribution in [0.1, 0.15) is 39.4 Å². The Morgan fingerprint density at radius 1 is 0.677 bits per heavy atom. The van der Waals surface area contributed by atoms with Crippen molar-refractivity contribution in [3.63, 3.8) is 0 Å². The molecule has 0 saturated heterocycles. The van der Waals surface area contributed by atoms with E-state index in [-0.39, 0.29) is 23.0 Å². The van der Waals surface area contributed by atoms with Crippen molar-refractivity contribution in [1.29, 1.82) is 0 Å². The minimum Gasteiger partial charge on any atom is -0.294 e. The Hall–Kier alpha value is -3.16. The average molecular weight is 423 g/mol. The Balaban J connectivity index is 1.68. The third-order valence-electron chi connectivity index (χ3n) is 6.68. The molecular formula is C29H23ClO. The molecule has 31 heavy (non-hydrogen) atoms. The molecule has 0 spiro atoms. The van der Waals surface area contributed by atoms with Crippen LogP contribution in [-0.2, 0) is 5.41 Å². The second-order valence-electron chi connectivity index (χ2n) is 8.27. The molecule has 0 heterocycles. The first kappa shape index (κ1) is 19.8. The number of Topliss-reactive ketones (excluding diaryl/α,β-unsaturated/α-hetero) is 1. The van der Waals surface area contributed by atoms with Crippen LogP contribution in [-0.4, -0.2) is 5.78 Å². The Morgan fingerprint density at radius 2 is 1.16 bits per heavy atom. The number of hydrogen-bond acceptors (Lipinski definition) is 1. The second kappa shape index (κ2) is 8.17. The van der Waals surface area contributed by atoms with Crippen LogP contribution in [0.4, 0.5) is 0 Å². The summed E-state index contributed by atoms with van der Waals surface area (Å²) in [7, 11) is 0. The first-order valence-electron chi connectivity index (χ1n) is 10.7. The summed E-state index contributed by atoms with van der Waals surface area (Å²) in [6.07, 6.45) is 0.780. The monoisotopic (exact) mass is 422 g/mol. The van der Waals surface area contributed by atoms with E-state index in [0.29, 0.717) is 5.02 Å². The molecule has 5 rings (SSSR count). The van der Waals surface area contributed by atoms with Gasteiger partial charge in [-0.15, -0.1) is 0 Å². The van der Waals surface area contributed by atoms with Crippen LogP contribution in [0.3, 0.4) is 0 Å². The van der Waals surface area contributed by atoms with Crippen molar-refractivity contribution < 1.29 is 4.79 Å². The fourth-order valence-electron chi connectivity index (χ4n) is 5.25. The van der Waals surface area contributed by atoms with Gasteiger partial charge in [-0.05, 0) is 35.2 Å². The van der Waals surface area contributed by atoms with E-state index < -0.39 is 0 Å². The number of halogens is 1. The largest absolute Gasteiger partial charge is 0.294 e. The molecule has 1 nitrogen and oxygen atoms in total. The smallest absolute Gasteiger partial charge is 0.166 e. The minimum absolute atomic E-state index is 0.0299. The molecular weight excluding hydrogens is 400 g/mol. The maximum absolute atomic E-state index is 13.6. The van der Waals surface area contributed by atoms with Crippen molar-refractivity contribution in [2.45, 2.75) is 17.8 Å².